The molecule has 0 spiro atoms. The molecule has 1 N–H and O–H groups in total. The van der Waals surface area contributed by atoms with Crippen LogP contribution < -0.4 is 0 Å². The first-order valence-electron chi connectivity index (χ1n) is 8.31. The van der Waals surface area contributed by atoms with E-state index < -0.39 is 0 Å². The number of hydrogen-bond acceptors (Lipinski definition) is 4. The molecule has 2 saturated carbocycles. The quantitative estimate of drug-likeness (QED) is 0.721. The number of imidazole rings is 1. The number of rotatable bonds is 5. The van der Waals surface area contributed by atoms with Crippen molar-refractivity contribution in [3.8, 4) is 0 Å². The predicted octanol–water partition coefficient (Wildman–Crippen LogP) is 3.97. The molecule has 5 nitrogen and oxygen atoms in total. The van der Waals surface area contributed by atoms with Gasteiger partial charge in [-0.3, -0.25) is 0 Å². The Morgan fingerprint density at radius 2 is 2.09 bits per heavy atom. The minimum absolute atomic E-state index is 0.648. The van der Waals surface area contributed by atoms with Crippen LogP contribution in [0.2, 0.25) is 0 Å². The number of fused-ring (bicyclic) bond motifs is 1. The minimum Gasteiger partial charge on any atom is -0.333 e. The zero-order chi connectivity index (χ0) is 15.4. The normalized spacial score (nSPS) is 18.0. The molecule has 2 aliphatic carbocycles. The number of aryl methyl sites for hydroxylation is 1. The number of aromatic amines is 1. The molecule has 23 heavy (non-hydrogen) atoms. The molecule has 0 atom stereocenters. The molecule has 2 aromatic heterocycles. The summed E-state index contributed by atoms with van der Waals surface area (Å²) in [5.41, 5.74) is 3.38. The number of thioether (sulfide) groups is 1. The highest BCUT2D eigenvalue weighted by atomic mass is 32.2. The lowest BCUT2D eigenvalue weighted by atomic mass is 10.2. The van der Waals surface area contributed by atoms with Crippen molar-refractivity contribution in [2.75, 3.05) is 0 Å². The lowest BCUT2D eigenvalue weighted by Crippen LogP contribution is -2.04. The monoisotopic (exact) mass is 325 g/mol. The summed E-state index contributed by atoms with van der Waals surface area (Å²) in [6.45, 7) is 2.10. The van der Waals surface area contributed by atoms with Gasteiger partial charge in [-0.15, -0.1) is 10.2 Å². The molecule has 2 fully saturated rings. The highest BCUT2D eigenvalue weighted by Gasteiger charge is 2.36. The van der Waals surface area contributed by atoms with E-state index in [2.05, 4.69) is 49.9 Å². The maximum atomic E-state index is 4.66. The zero-order valence-corrected chi connectivity index (χ0v) is 13.9. The van der Waals surface area contributed by atoms with Gasteiger partial charge in [0, 0.05) is 12.0 Å². The molecule has 118 valence electrons. The molecule has 2 heterocycles. The second-order valence-corrected chi connectivity index (χ2v) is 7.67. The van der Waals surface area contributed by atoms with Crippen LogP contribution in [0.3, 0.4) is 0 Å². The van der Waals surface area contributed by atoms with Crippen molar-refractivity contribution in [1.82, 2.24) is 24.7 Å². The van der Waals surface area contributed by atoms with Crippen LogP contribution in [-0.4, -0.2) is 24.7 Å². The van der Waals surface area contributed by atoms with Crippen LogP contribution in [0.25, 0.3) is 11.0 Å². The van der Waals surface area contributed by atoms with E-state index in [1.165, 1.54) is 37.1 Å². The van der Waals surface area contributed by atoms with Crippen molar-refractivity contribution >= 4 is 22.8 Å². The van der Waals surface area contributed by atoms with E-state index in [-0.39, 0.29) is 0 Å². The van der Waals surface area contributed by atoms with E-state index in [9.17, 15) is 0 Å². The number of H-pyrrole nitrogens is 1. The van der Waals surface area contributed by atoms with Crippen molar-refractivity contribution in [3.63, 3.8) is 0 Å². The molecule has 0 saturated heterocycles. The van der Waals surface area contributed by atoms with E-state index >= 15 is 0 Å². The maximum Gasteiger partial charge on any atom is 0.166 e. The highest BCUT2D eigenvalue weighted by molar-refractivity contribution is 7.98. The summed E-state index contributed by atoms with van der Waals surface area (Å²) in [4.78, 5) is 8.07. The third-order valence-corrected chi connectivity index (χ3v) is 5.47. The fourth-order valence-corrected chi connectivity index (χ4v) is 3.90. The first-order chi connectivity index (χ1) is 11.3. The summed E-state index contributed by atoms with van der Waals surface area (Å²) in [7, 11) is 0. The Morgan fingerprint density at radius 1 is 1.22 bits per heavy atom. The molecule has 0 amide bonds. The third-order valence-electron chi connectivity index (χ3n) is 4.60. The Hall–Kier alpha value is -1.82. The van der Waals surface area contributed by atoms with E-state index in [0.29, 0.717) is 12.0 Å². The average molecular weight is 325 g/mol. The van der Waals surface area contributed by atoms with Gasteiger partial charge in [-0.2, -0.15) is 0 Å². The summed E-state index contributed by atoms with van der Waals surface area (Å²) < 4.78 is 2.41. The number of nitrogens with zero attached hydrogens (tertiary/aromatic N) is 4. The molecule has 5 rings (SSSR count). The Morgan fingerprint density at radius 3 is 2.87 bits per heavy atom. The molecule has 0 radical (unpaired) electrons. The van der Waals surface area contributed by atoms with Gasteiger partial charge in [0.1, 0.15) is 11.6 Å². The van der Waals surface area contributed by atoms with E-state index in [1.54, 1.807) is 11.8 Å². The van der Waals surface area contributed by atoms with Crippen molar-refractivity contribution in [3.05, 3.63) is 35.4 Å². The first-order valence-corrected chi connectivity index (χ1v) is 9.29. The second kappa shape index (κ2) is 5.09. The largest absolute Gasteiger partial charge is 0.333 e. The molecular formula is C17H19N5S. The van der Waals surface area contributed by atoms with Crippen LogP contribution in [-0.2, 0) is 5.75 Å². The zero-order valence-electron chi connectivity index (χ0n) is 13.1. The van der Waals surface area contributed by atoms with Crippen molar-refractivity contribution in [2.24, 2.45) is 0 Å². The minimum atomic E-state index is 0.648. The summed E-state index contributed by atoms with van der Waals surface area (Å²) >= 11 is 1.72. The van der Waals surface area contributed by atoms with Gasteiger partial charge in [-0.05, 0) is 50.3 Å². The number of benzene rings is 1. The van der Waals surface area contributed by atoms with Gasteiger partial charge in [0.15, 0.2) is 5.16 Å². The first kappa shape index (κ1) is 13.6. The Labute approximate surface area is 138 Å². The summed E-state index contributed by atoms with van der Waals surface area (Å²) in [5, 5.41) is 9.91. The lowest BCUT2D eigenvalue weighted by Gasteiger charge is -2.07. The van der Waals surface area contributed by atoms with Gasteiger partial charge in [0.25, 0.3) is 0 Å². The molecule has 2 aliphatic rings. The molecule has 6 heteroatoms. The molecule has 1 aromatic carbocycles. The predicted molar refractivity (Wildman–Crippen MR) is 90.7 cm³/mol. The standard InChI is InChI=1S/C17H19N5S/c1-10-2-7-13-14(8-10)19-17(18-13)23-9-15-20-21-16(11-3-4-11)22(15)12-5-6-12/h2,7-8,11-12H,3-6,9H2,1H3,(H,18,19). The van der Waals surface area contributed by atoms with Crippen LogP contribution in [0.15, 0.2) is 23.4 Å². The summed E-state index contributed by atoms with van der Waals surface area (Å²) in [5.74, 6) is 3.82. The average Bonchev–Trinajstić information content (AvgIpc) is 3.47. The number of aromatic nitrogens is 5. The fourth-order valence-electron chi connectivity index (χ4n) is 3.09. The van der Waals surface area contributed by atoms with Crippen molar-refractivity contribution in [1.29, 1.82) is 0 Å². The smallest absolute Gasteiger partial charge is 0.166 e. The van der Waals surface area contributed by atoms with Crippen molar-refractivity contribution in [2.45, 2.75) is 55.5 Å². The van der Waals surface area contributed by atoms with Gasteiger partial charge in [-0.1, -0.05) is 17.8 Å². The topological polar surface area (TPSA) is 59.4 Å². The molecule has 0 aliphatic heterocycles. The third kappa shape index (κ3) is 2.55. The van der Waals surface area contributed by atoms with E-state index in [0.717, 1.165) is 27.8 Å². The highest BCUT2D eigenvalue weighted by Crippen LogP contribution is 2.45. The van der Waals surface area contributed by atoms with Crippen LogP contribution in [0, 0.1) is 6.92 Å². The van der Waals surface area contributed by atoms with Crippen molar-refractivity contribution < 1.29 is 0 Å². The number of hydrogen-bond donors (Lipinski definition) is 1. The summed E-state index contributed by atoms with van der Waals surface area (Å²) in [6.07, 6.45) is 5.11. The molecule has 3 aromatic rings. The Bertz CT molecular complexity index is 872. The maximum absolute atomic E-state index is 4.66. The lowest BCUT2D eigenvalue weighted by molar-refractivity contribution is 0.661. The Balaban J connectivity index is 1.39. The summed E-state index contributed by atoms with van der Waals surface area (Å²) in [6, 6.07) is 6.96. The van der Waals surface area contributed by atoms with Crippen LogP contribution >= 0.6 is 11.8 Å². The van der Waals surface area contributed by atoms with Gasteiger partial charge >= 0.3 is 0 Å². The van der Waals surface area contributed by atoms with E-state index in [4.69, 9.17) is 0 Å². The Kier molecular flexibility index (Phi) is 3.01. The van der Waals surface area contributed by atoms with Gasteiger partial charge in [0.05, 0.1) is 16.8 Å². The van der Waals surface area contributed by atoms with Crippen LogP contribution in [0.5, 0.6) is 0 Å². The van der Waals surface area contributed by atoms with Gasteiger partial charge < -0.3 is 9.55 Å². The van der Waals surface area contributed by atoms with Gasteiger partial charge in [-0.25, -0.2) is 4.98 Å². The number of nitrogens with one attached hydrogen (secondary N) is 1. The fraction of sp³-hybridized carbons (Fsp3) is 0.471. The second-order valence-electron chi connectivity index (χ2n) is 6.70. The van der Waals surface area contributed by atoms with E-state index in [1.807, 2.05) is 0 Å². The molecule has 0 unspecified atom stereocenters. The SMILES string of the molecule is Cc1ccc2nc(SCc3nnc(C4CC4)n3C3CC3)[nH]c2c1. The van der Waals surface area contributed by atoms with Crippen LogP contribution in [0.1, 0.15) is 54.9 Å². The van der Waals surface area contributed by atoms with Gasteiger partial charge in [0.2, 0.25) is 0 Å². The molecule has 0 bridgehead atoms. The van der Waals surface area contributed by atoms with Crippen LogP contribution in [0.4, 0.5) is 0 Å². The molecular weight excluding hydrogens is 306 g/mol.